The zero-order valence-electron chi connectivity index (χ0n) is 45.2. The Bertz CT molecular complexity index is 1960. The van der Waals surface area contributed by atoms with Crippen molar-refractivity contribution in [2.45, 2.75) is 243 Å². The number of hydrogen-bond donors (Lipinski definition) is 9. The first-order valence-corrected chi connectivity index (χ1v) is 27.3. The van der Waals surface area contributed by atoms with Crippen LogP contribution in [0.5, 0.6) is 0 Å². The van der Waals surface area contributed by atoms with Crippen LogP contribution in [-0.4, -0.2) is 162 Å². The third-order valence-electron chi connectivity index (χ3n) is 18.6. The third-order valence-corrected chi connectivity index (χ3v) is 18.6. The summed E-state index contributed by atoms with van der Waals surface area (Å²) >= 11 is 0. The molecule has 9 N–H and O–H groups in total. The smallest absolute Gasteiger partial charge is 0.309 e. The third kappa shape index (κ3) is 11.9. The Balaban J connectivity index is 1.23. The largest absolute Gasteiger partial charge is 0.481 e. The van der Waals surface area contributed by atoms with E-state index in [-0.39, 0.29) is 49.3 Å². The summed E-state index contributed by atoms with van der Waals surface area (Å²) in [5.74, 6) is -9.57. The monoisotopic (exact) mass is 1040 g/mol. The minimum atomic E-state index is -1.66. The zero-order valence-corrected chi connectivity index (χ0v) is 45.2. The molecule has 0 radical (unpaired) electrons. The Morgan fingerprint density at radius 3 is 2.19 bits per heavy atom. The molecule has 6 aliphatic rings. The summed E-state index contributed by atoms with van der Waals surface area (Å²) in [5.41, 5.74) is -3.02. The molecule has 5 fully saturated rings. The van der Waals surface area contributed by atoms with E-state index < -0.39 is 144 Å². The highest BCUT2D eigenvalue weighted by Gasteiger charge is 2.65. The fourth-order valence-electron chi connectivity index (χ4n) is 13.1. The Labute approximate surface area is 431 Å². The topological polar surface area (TPSA) is 289 Å². The van der Waals surface area contributed by atoms with Gasteiger partial charge in [-0.25, -0.2) is 0 Å². The Morgan fingerprint density at radius 1 is 0.877 bits per heavy atom. The highest BCUT2D eigenvalue weighted by atomic mass is 16.8. The first-order chi connectivity index (χ1) is 34.2. The maximum absolute atomic E-state index is 15.0. The molecule has 0 saturated carbocycles. The number of Topliss-reactive ketones (excluding diaryl/α,β-unsaturated/α-hetero) is 1. The number of ketones is 1. The highest BCUT2D eigenvalue weighted by molar-refractivity contribution is 5.85. The van der Waals surface area contributed by atoms with Gasteiger partial charge in [-0.05, 0) is 103 Å². The molecule has 418 valence electrons. The number of ether oxygens (including phenoxy) is 6. The Morgan fingerprint density at radius 2 is 1.58 bits per heavy atom. The second kappa shape index (κ2) is 23.5. The van der Waals surface area contributed by atoms with E-state index in [1.54, 1.807) is 19.1 Å². The number of carbonyl (C=O) groups excluding carboxylic acids is 3. The van der Waals surface area contributed by atoms with Gasteiger partial charge in [-0.3, -0.25) is 24.5 Å². The van der Waals surface area contributed by atoms with E-state index in [4.69, 9.17) is 28.4 Å². The molecule has 0 aliphatic carbocycles. The molecule has 0 aromatic heterocycles. The number of carboxylic acid groups (broad SMARTS) is 1. The lowest BCUT2D eigenvalue weighted by Crippen LogP contribution is -2.66. The summed E-state index contributed by atoms with van der Waals surface area (Å²) in [5, 5.41) is 79.8. The van der Waals surface area contributed by atoms with Gasteiger partial charge in [0, 0.05) is 55.6 Å². The lowest BCUT2D eigenvalue weighted by atomic mass is 9.66. The van der Waals surface area contributed by atoms with Gasteiger partial charge >= 0.3 is 11.9 Å². The maximum atomic E-state index is 15.0. The summed E-state index contributed by atoms with van der Waals surface area (Å²) < 4.78 is 40.8. The molecule has 0 aromatic carbocycles. The first kappa shape index (κ1) is 59.6. The van der Waals surface area contributed by atoms with Crippen molar-refractivity contribution in [1.82, 2.24) is 10.6 Å². The number of nitrogens with one attached hydrogen (secondary N) is 2. The summed E-state index contributed by atoms with van der Waals surface area (Å²) in [6.45, 7) is 20.6. The van der Waals surface area contributed by atoms with Crippen molar-refractivity contribution in [3.63, 3.8) is 0 Å². The molecule has 2 spiro atoms. The molecule has 19 heteroatoms. The predicted molar refractivity (Wildman–Crippen MR) is 265 cm³/mol. The van der Waals surface area contributed by atoms with Crippen molar-refractivity contribution in [3.8, 4) is 0 Å². The second-order valence-corrected chi connectivity index (χ2v) is 23.3. The Hall–Kier alpha value is -2.66. The lowest BCUT2D eigenvalue weighted by molar-refractivity contribution is -0.418. The van der Waals surface area contributed by atoms with Crippen LogP contribution in [0.15, 0.2) is 12.2 Å². The number of aliphatic carboxylic acids is 1. The van der Waals surface area contributed by atoms with Gasteiger partial charge in [-0.1, -0.05) is 55.4 Å². The predicted octanol–water partition coefficient (Wildman–Crippen LogP) is 3.65. The molecule has 0 bridgehead atoms. The fourth-order valence-corrected chi connectivity index (χ4v) is 13.1. The van der Waals surface area contributed by atoms with Crippen molar-refractivity contribution in [2.75, 3.05) is 13.2 Å². The number of carboxylic acids is 1. The summed E-state index contributed by atoms with van der Waals surface area (Å²) in [6, 6.07) is 0. The maximum Gasteiger partial charge on any atom is 0.309 e. The highest BCUT2D eigenvalue weighted by Crippen LogP contribution is 2.56. The van der Waals surface area contributed by atoms with Crippen LogP contribution in [0, 0.1) is 47.3 Å². The number of rotatable bonds is 18. The van der Waals surface area contributed by atoms with Gasteiger partial charge in [0.15, 0.2) is 11.9 Å². The zero-order chi connectivity index (χ0) is 54.2. The van der Waals surface area contributed by atoms with Gasteiger partial charge in [0.25, 0.3) is 0 Å². The molecule has 23 atom stereocenters. The van der Waals surface area contributed by atoms with E-state index in [0.717, 1.165) is 6.42 Å². The van der Waals surface area contributed by atoms with Crippen LogP contribution in [0.2, 0.25) is 0 Å². The summed E-state index contributed by atoms with van der Waals surface area (Å²) in [4.78, 5) is 54.0. The van der Waals surface area contributed by atoms with Gasteiger partial charge in [-0.2, -0.15) is 0 Å². The molecule has 0 aromatic rings. The van der Waals surface area contributed by atoms with Crippen LogP contribution in [0.4, 0.5) is 0 Å². The van der Waals surface area contributed by atoms with Gasteiger partial charge in [0.05, 0.1) is 65.8 Å². The fraction of sp³-hybridized carbons (Fsp3) is 0.889. The lowest BCUT2D eigenvalue weighted by Gasteiger charge is -2.58. The van der Waals surface area contributed by atoms with E-state index in [9.17, 15) is 54.9 Å². The van der Waals surface area contributed by atoms with Crippen molar-refractivity contribution >= 4 is 23.6 Å². The summed E-state index contributed by atoms with van der Waals surface area (Å²) in [7, 11) is 0. The van der Waals surface area contributed by atoms with Gasteiger partial charge in [0.2, 0.25) is 11.7 Å². The molecule has 73 heavy (non-hydrogen) atoms. The van der Waals surface area contributed by atoms with Crippen molar-refractivity contribution in [2.24, 2.45) is 47.3 Å². The second-order valence-electron chi connectivity index (χ2n) is 23.3. The van der Waals surface area contributed by atoms with Crippen LogP contribution < -0.4 is 10.6 Å². The first-order valence-electron chi connectivity index (χ1n) is 27.3. The molecular formula is C54H90N2O17. The Kier molecular flexibility index (Phi) is 19.2. The van der Waals surface area contributed by atoms with Crippen LogP contribution in [0.25, 0.3) is 0 Å². The standard InChI is InChI=1S/C54H90N2O17/c1-12-35(49(65)66)37-16-15-28(4)47(68-37)32(8)42(60)31(7)43(61)36(13-2)51(11)29(5)25-30(6)53(72-51)21-20-39(54(73-53)22-19-38(71-54)50(10)23-24-52(67,14-3)33(9)70-50)69-41(59)18-17-40(58)56-48-46(64)45(63)44(62)34(27-57)26-55-48/h20-21,28-39,42,44-48,55,57,60,62-64,67H,12-19,22-27H2,1-11H3,(H,56,58)(H,65,66)/t28-,29-,30+,31-,32-,33-,34?,35+,36-,37+,38?,39+,42+,44?,45?,46?,47+,48?,50+,51-,52+,53+,54+/m0/s1. The summed E-state index contributed by atoms with van der Waals surface area (Å²) in [6.07, 6.45) is -2.69. The molecule has 6 rings (SSSR count). The average Bonchev–Trinajstić information content (AvgIpc) is 3.75. The van der Waals surface area contributed by atoms with E-state index in [2.05, 4.69) is 10.6 Å². The van der Waals surface area contributed by atoms with Gasteiger partial charge in [-0.15, -0.1) is 0 Å². The number of amides is 1. The van der Waals surface area contributed by atoms with E-state index in [0.29, 0.717) is 51.4 Å². The SMILES string of the molecule is CC[C@@H](C(=O)O)[C@H]1CC[C@H](C)[C@H]([C@@H](C)[C@H](O)[C@H](C)C(=O)[C@H](CC)[C@@]2(C)O[C@@]3(C=C[C@@H](OC(=O)CCC(=O)NC4NCC(CO)C(O)C(O)C4O)[C@@]4(CCC([C@@]5(C)CC[C@](O)(CC)[C@H](C)O5)O4)O3)[C@H](C)C[C@@H]2C)O1. The minimum absolute atomic E-state index is 0.00848. The number of aliphatic hydroxyl groups excluding tert-OH is 5. The molecular weight excluding hydrogens is 949 g/mol. The van der Waals surface area contributed by atoms with Gasteiger partial charge < -0.3 is 69.5 Å². The average molecular weight is 1040 g/mol. The molecule has 19 nitrogen and oxygen atoms in total. The van der Waals surface area contributed by atoms with Crippen molar-refractivity contribution < 1.29 is 83.3 Å². The van der Waals surface area contributed by atoms with Crippen LogP contribution >= 0.6 is 0 Å². The quantitative estimate of drug-likeness (QED) is 0.0700. The molecule has 6 aliphatic heterocycles. The molecule has 6 unspecified atom stereocenters. The van der Waals surface area contributed by atoms with Crippen molar-refractivity contribution in [1.29, 1.82) is 0 Å². The normalized spacial score (nSPS) is 44.2. The van der Waals surface area contributed by atoms with Crippen LogP contribution in [-0.2, 0) is 47.6 Å². The minimum Gasteiger partial charge on any atom is -0.481 e. The number of hydrogen-bond acceptors (Lipinski definition) is 17. The van der Waals surface area contributed by atoms with E-state index in [1.807, 2.05) is 69.2 Å². The molecule has 6 heterocycles. The molecule has 5 saturated heterocycles. The number of esters is 1. The van der Waals surface area contributed by atoms with Gasteiger partial charge in [0.1, 0.15) is 24.2 Å². The number of aliphatic hydroxyl groups is 6. The van der Waals surface area contributed by atoms with Crippen molar-refractivity contribution in [3.05, 3.63) is 12.2 Å². The van der Waals surface area contributed by atoms with Crippen LogP contribution in [0.1, 0.15) is 153 Å². The van der Waals surface area contributed by atoms with E-state index in [1.165, 1.54) is 0 Å². The number of carbonyl (C=O) groups is 4. The van der Waals surface area contributed by atoms with E-state index >= 15 is 0 Å². The molecule has 1 amide bonds. The van der Waals surface area contributed by atoms with Crippen LogP contribution in [0.3, 0.4) is 0 Å².